The van der Waals surface area contributed by atoms with Crippen molar-refractivity contribution in [3.05, 3.63) is 108 Å². The highest BCUT2D eigenvalue weighted by molar-refractivity contribution is 5.87. The average Bonchev–Trinajstić information content (AvgIpc) is 4.01. The van der Waals surface area contributed by atoms with E-state index in [-0.39, 0.29) is 23.9 Å². The van der Waals surface area contributed by atoms with Gasteiger partial charge in [0.15, 0.2) is 0 Å². The molecule has 0 spiro atoms. The highest BCUT2D eigenvalue weighted by Gasteiger charge is 2.37. The number of amides is 3. The van der Waals surface area contributed by atoms with Crippen LogP contribution in [0.4, 0.5) is 4.79 Å². The summed E-state index contributed by atoms with van der Waals surface area (Å²) in [5.41, 5.74) is 6.53. The zero-order valence-electron chi connectivity index (χ0n) is 30.2. The highest BCUT2D eigenvalue weighted by Crippen LogP contribution is 2.35. The molecule has 2 aliphatic rings. The van der Waals surface area contributed by atoms with Crippen molar-refractivity contribution in [3.63, 3.8) is 0 Å². The van der Waals surface area contributed by atoms with Crippen LogP contribution in [0.15, 0.2) is 91.3 Å². The summed E-state index contributed by atoms with van der Waals surface area (Å²) >= 11 is 0. The van der Waals surface area contributed by atoms with Crippen molar-refractivity contribution in [2.45, 2.75) is 56.7 Å². The maximum absolute atomic E-state index is 13.7. The van der Waals surface area contributed by atoms with E-state index in [2.05, 4.69) is 73.7 Å². The summed E-state index contributed by atoms with van der Waals surface area (Å²) in [6, 6.07) is 24.3. The van der Waals surface area contributed by atoms with Crippen LogP contribution in [0, 0.1) is 0 Å². The summed E-state index contributed by atoms with van der Waals surface area (Å²) in [6.45, 7) is 2.20. The molecule has 2 aromatic heterocycles. The number of nitrogens with one attached hydrogen (secondary N) is 3. The molecule has 0 aliphatic carbocycles. The van der Waals surface area contributed by atoms with E-state index in [1.807, 2.05) is 31.3 Å². The van der Waals surface area contributed by atoms with E-state index in [0.29, 0.717) is 24.4 Å². The third kappa shape index (κ3) is 8.02. The minimum atomic E-state index is -1.25. The summed E-state index contributed by atoms with van der Waals surface area (Å²) in [6.07, 6.45) is 7.25. The molecule has 53 heavy (non-hydrogen) atoms. The Labute approximate surface area is 309 Å². The Morgan fingerprint density at radius 2 is 1.28 bits per heavy atom. The van der Waals surface area contributed by atoms with Crippen molar-refractivity contribution >= 4 is 17.9 Å². The maximum atomic E-state index is 13.7. The maximum Gasteiger partial charge on any atom is 0.405 e. The second kappa shape index (κ2) is 15.9. The van der Waals surface area contributed by atoms with Gasteiger partial charge in [-0.2, -0.15) is 0 Å². The molecular weight excluding hydrogens is 669 g/mol. The number of likely N-dealkylation sites (tertiary alicyclic amines) is 2. The molecule has 2 saturated heterocycles. The number of aromatic nitrogens is 4. The van der Waals surface area contributed by atoms with Gasteiger partial charge >= 0.3 is 6.09 Å². The number of nitrogens with zero attached hydrogens (tertiary/aromatic N) is 5. The first-order chi connectivity index (χ1) is 25.7. The van der Waals surface area contributed by atoms with E-state index < -0.39 is 12.1 Å². The van der Waals surface area contributed by atoms with Gasteiger partial charge in [-0.1, -0.05) is 78.9 Å². The zero-order valence-corrected chi connectivity index (χ0v) is 30.2. The number of rotatable bonds is 12. The molecule has 2 aliphatic heterocycles. The minimum Gasteiger partial charge on any atom is -0.465 e. The van der Waals surface area contributed by atoms with Gasteiger partial charge in [0, 0.05) is 19.5 Å². The van der Waals surface area contributed by atoms with Crippen molar-refractivity contribution in [3.8, 4) is 33.6 Å². The smallest absolute Gasteiger partial charge is 0.405 e. The van der Waals surface area contributed by atoms with Crippen LogP contribution in [0.3, 0.4) is 0 Å². The molecule has 274 valence electrons. The minimum absolute atomic E-state index is 0.00736. The van der Waals surface area contributed by atoms with Crippen molar-refractivity contribution in [2.75, 3.05) is 33.7 Å². The molecule has 12 nitrogen and oxygen atoms in total. The van der Waals surface area contributed by atoms with Crippen LogP contribution in [-0.2, 0) is 9.59 Å². The van der Waals surface area contributed by atoms with Crippen LogP contribution in [0.1, 0.15) is 73.9 Å². The van der Waals surface area contributed by atoms with E-state index in [0.717, 1.165) is 84.7 Å². The summed E-state index contributed by atoms with van der Waals surface area (Å²) in [4.78, 5) is 60.4. The van der Waals surface area contributed by atoms with Crippen molar-refractivity contribution in [1.29, 1.82) is 0 Å². The number of hydrogen-bond donors (Lipinski definition) is 4. The molecule has 4 N–H and O–H groups in total. The van der Waals surface area contributed by atoms with Crippen LogP contribution in [0.2, 0.25) is 0 Å². The molecule has 0 radical (unpaired) electrons. The predicted octanol–water partition coefficient (Wildman–Crippen LogP) is 6.81. The number of imidazole rings is 2. The molecule has 3 atom stereocenters. The van der Waals surface area contributed by atoms with Crippen LogP contribution in [-0.4, -0.2) is 91.4 Å². The fourth-order valence-corrected chi connectivity index (χ4v) is 7.57. The topological polar surface area (TPSA) is 151 Å². The van der Waals surface area contributed by atoms with Crippen molar-refractivity contribution in [2.24, 2.45) is 0 Å². The lowest BCUT2D eigenvalue weighted by Gasteiger charge is -2.28. The fraction of sp³-hybridized carbons (Fsp3) is 0.341. The SMILES string of the molecule is CN(C)CCCC(=O)N1CCCC1c1ncc(-c2ccc(-c3ccc(-c4cnc([C@@H]5CCCN5C(=O)[C@H](NC(=O)O)c5ccccc5)[nH]4)cc3)cc2)[nH]1. The molecule has 7 rings (SSSR count). The fourth-order valence-electron chi connectivity index (χ4n) is 7.57. The monoisotopic (exact) mass is 714 g/mol. The van der Waals surface area contributed by atoms with Gasteiger partial charge in [0.25, 0.3) is 5.91 Å². The van der Waals surface area contributed by atoms with Gasteiger partial charge < -0.3 is 35.1 Å². The molecule has 3 aromatic carbocycles. The van der Waals surface area contributed by atoms with E-state index in [1.54, 1.807) is 35.4 Å². The first-order valence-electron chi connectivity index (χ1n) is 18.4. The highest BCUT2D eigenvalue weighted by atomic mass is 16.4. The third-order valence-corrected chi connectivity index (χ3v) is 10.3. The summed E-state index contributed by atoms with van der Waals surface area (Å²) in [5, 5.41) is 11.9. The molecule has 0 bridgehead atoms. The molecule has 1 unspecified atom stereocenters. The number of carboxylic acid groups (broad SMARTS) is 1. The second-order valence-electron chi connectivity index (χ2n) is 14.2. The van der Waals surface area contributed by atoms with Gasteiger partial charge in [0.2, 0.25) is 5.91 Å². The molecule has 5 aromatic rings. The Bertz CT molecular complexity index is 2020. The lowest BCUT2D eigenvalue weighted by molar-refractivity contribution is -0.134. The molecule has 0 saturated carbocycles. The first-order valence-corrected chi connectivity index (χ1v) is 18.4. The van der Waals surface area contributed by atoms with E-state index in [9.17, 15) is 19.5 Å². The van der Waals surface area contributed by atoms with Crippen LogP contribution in [0.5, 0.6) is 0 Å². The molecule has 4 heterocycles. The Hall–Kier alpha value is -5.75. The van der Waals surface area contributed by atoms with Gasteiger partial charge in [-0.3, -0.25) is 9.59 Å². The lowest BCUT2D eigenvalue weighted by atomic mass is 10.0. The van der Waals surface area contributed by atoms with E-state index in [1.165, 1.54) is 0 Å². The largest absolute Gasteiger partial charge is 0.465 e. The standard InChI is InChI=1S/C41H46N8O4/c1-47(2)22-8-13-36(50)48-23-6-11-34(48)38-42-25-32(44-38)29-18-14-27(15-19-29)28-16-20-30(21-17-28)33-26-43-39(45-33)35-12-7-24-49(35)40(51)37(46-41(52)53)31-9-4-3-5-10-31/h3-5,9-10,14-21,25-26,34-35,37,46H,6-8,11-13,22-24H2,1-2H3,(H,42,44)(H,43,45)(H,52,53)/t34?,35-,37+/m0/s1. The number of carbonyl (C=O) groups is 3. The van der Waals surface area contributed by atoms with Gasteiger partial charge in [0.05, 0.1) is 35.9 Å². The molecular formula is C41H46N8O4. The number of aromatic amines is 2. The Balaban J connectivity index is 0.996. The number of benzene rings is 3. The van der Waals surface area contributed by atoms with Gasteiger partial charge in [-0.15, -0.1) is 0 Å². The normalized spacial score (nSPS) is 17.7. The summed E-state index contributed by atoms with van der Waals surface area (Å²) in [7, 11) is 4.06. The Morgan fingerprint density at radius 3 is 1.81 bits per heavy atom. The predicted molar refractivity (Wildman–Crippen MR) is 203 cm³/mol. The van der Waals surface area contributed by atoms with Gasteiger partial charge in [0.1, 0.15) is 17.7 Å². The van der Waals surface area contributed by atoms with Crippen molar-refractivity contribution < 1.29 is 19.5 Å². The molecule has 2 fully saturated rings. The van der Waals surface area contributed by atoms with Crippen LogP contribution >= 0.6 is 0 Å². The summed E-state index contributed by atoms with van der Waals surface area (Å²) < 4.78 is 0. The average molecular weight is 715 g/mol. The Morgan fingerprint density at radius 1 is 0.774 bits per heavy atom. The number of carbonyl (C=O) groups excluding carboxylic acids is 2. The van der Waals surface area contributed by atoms with Gasteiger partial charge in [-0.05, 0) is 80.6 Å². The van der Waals surface area contributed by atoms with E-state index in [4.69, 9.17) is 4.98 Å². The molecule has 3 amide bonds. The Kier molecular flexibility index (Phi) is 10.7. The quantitative estimate of drug-likeness (QED) is 0.111. The lowest BCUT2D eigenvalue weighted by Crippen LogP contribution is -2.42. The number of hydrogen-bond acceptors (Lipinski definition) is 6. The molecule has 12 heteroatoms. The first kappa shape index (κ1) is 35.6. The third-order valence-electron chi connectivity index (χ3n) is 10.3. The summed E-state index contributed by atoms with van der Waals surface area (Å²) in [5.74, 6) is 1.44. The van der Waals surface area contributed by atoms with E-state index >= 15 is 0 Å². The zero-order chi connectivity index (χ0) is 36.9. The van der Waals surface area contributed by atoms with Gasteiger partial charge in [-0.25, -0.2) is 14.8 Å². The van der Waals surface area contributed by atoms with Crippen LogP contribution < -0.4 is 5.32 Å². The van der Waals surface area contributed by atoms with Crippen molar-refractivity contribution in [1.82, 2.24) is 40.0 Å². The number of H-pyrrole nitrogens is 2. The van der Waals surface area contributed by atoms with Crippen LogP contribution in [0.25, 0.3) is 33.6 Å². The second-order valence-corrected chi connectivity index (χ2v) is 14.2.